The van der Waals surface area contributed by atoms with Crippen LogP contribution in [0.2, 0.25) is 0 Å². The highest BCUT2D eigenvalue weighted by Crippen LogP contribution is 2.24. The third kappa shape index (κ3) is 3.13. The molecule has 1 atom stereocenters. The largest absolute Gasteiger partial charge is 0.441 e. The lowest BCUT2D eigenvalue weighted by Gasteiger charge is -2.27. The fourth-order valence-corrected chi connectivity index (χ4v) is 2.24. The summed E-state index contributed by atoms with van der Waals surface area (Å²) in [5, 5.41) is 9.30. The van der Waals surface area contributed by atoms with Gasteiger partial charge in [-0.15, -0.1) is 0 Å². The van der Waals surface area contributed by atoms with Gasteiger partial charge in [-0.25, -0.2) is 4.98 Å². The molecule has 1 aromatic heterocycles. The van der Waals surface area contributed by atoms with E-state index in [2.05, 4.69) is 4.98 Å². The van der Waals surface area contributed by atoms with Crippen LogP contribution in [-0.2, 0) is 0 Å². The number of oxazole rings is 1. The summed E-state index contributed by atoms with van der Waals surface area (Å²) in [6, 6.07) is 6.99. The number of aliphatic hydroxyl groups excluding tert-OH is 1. The van der Waals surface area contributed by atoms with Gasteiger partial charge in [0.25, 0.3) is 5.91 Å². The molecular formula is C16H20N2O3. The lowest BCUT2D eigenvalue weighted by molar-refractivity contribution is 0.0633. The Labute approximate surface area is 124 Å². The number of aromatic nitrogens is 1. The summed E-state index contributed by atoms with van der Waals surface area (Å²) >= 11 is 0. The maximum Gasteiger partial charge on any atom is 0.254 e. The van der Waals surface area contributed by atoms with Gasteiger partial charge in [0.1, 0.15) is 5.76 Å². The summed E-state index contributed by atoms with van der Waals surface area (Å²) in [6.45, 7) is 5.98. The first-order valence-electron chi connectivity index (χ1n) is 7.02. The molecule has 0 aliphatic rings. The van der Waals surface area contributed by atoms with Crippen molar-refractivity contribution >= 4 is 5.91 Å². The lowest BCUT2D eigenvalue weighted by Crippen LogP contribution is -2.40. The van der Waals surface area contributed by atoms with Crippen LogP contribution in [0.3, 0.4) is 0 Å². The normalized spacial score (nSPS) is 12.2. The molecule has 0 unspecified atom stereocenters. The molecular weight excluding hydrogens is 268 g/mol. The van der Waals surface area contributed by atoms with E-state index < -0.39 is 0 Å². The van der Waals surface area contributed by atoms with E-state index >= 15 is 0 Å². The quantitative estimate of drug-likeness (QED) is 0.918. The molecule has 21 heavy (non-hydrogen) atoms. The second-order valence-corrected chi connectivity index (χ2v) is 4.94. The predicted octanol–water partition coefficient (Wildman–Crippen LogP) is 2.49. The smallest absolute Gasteiger partial charge is 0.254 e. The summed E-state index contributed by atoms with van der Waals surface area (Å²) in [7, 11) is 0. The molecule has 112 valence electrons. The van der Waals surface area contributed by atoms with Crippen LogP contribution in [0.1, 0.15) is 30.0 Å². The van der Waals surface area contributed by atoms with Crippen LogP contribution in [0.25, 0.3) is 11.5 Å². The Morgan fingerprint density at radius 3 is 2.71 bits per heavy atom. The summed E-state index contributed by atoms with van der Waals surface area (Å²) < 4.78 is 5.53. The summed E-state index contributed by atoms with van der Waals surface area (Å²) in [4.78, 5) is 18.5. The third-order valence-electron chi connectivity index (χ3n) is 3.41. The molecule has 1 amide bonds. The van der Waals surface area contributed by atoms with Crippen LogP contribution in [0.5, 0.6) is 0 Å². The van der Waals surface area contributed by atoms with Gasteiger partial charge in [0, 0.05) is 12.1 Å². The molecule has 5 nitrogen and oxygen atoms in total. The number of hydrogen-bond donors (Lipinski definition) is 1. The number of hydrogen-bond acceptors (Lipinski definition) is 4. The van der Waals surface area contributed by atoms with Crippen LogP contribution in [-0.4, -0.2) is 40.1 Å². The van der Waals surface area contributed by atoms with Crippen molar-refractivity contribution in [1.29, 1.82) is 0 Å². The number of amides is 1. The van der Waals surface area contributed by atoms with Crippen LogP contribution in [0, 0.1) is 6.92 Å². The maximum absolute atomic E-state index is 12.7. The van der Waals surface area contributed by atoms with E-state index in [4.69, 9.17) is 4.42 Å². The van der Waals surface area contributed by atoms with Crippen molar-refractivity contribution in [1.82, 2.24) is 9.88 Å². The minimum absolute atomic E-state index is 0.0696. The van der Waals surface area contributed by atoms with Gasteiger partial charge in [0.15, 0.2) is 0 Å². The molecule has 0 aliphatic heterocycles. The van der Waals surface area contributed by atoms with E-state index in [9.17, 15) is 9.90 Å². The van der Waals surface area contributed by atoms with Crippen LogP contribution >= 0.6 is 0 Å². The van der Waals surface area contributed by atoms with Crippen molar-refractivity contribution < 1.29 is 14.3 Å². The van der Waals surface area contributed by atoms with Gasteiger partial charge in [-0.3, -0.25) is 4.79 Å². The molecule has 2 aromatic rings. The number of nitrogens with zero attached hydrogens (tertiary/aromatic N) is 2. The molecule has 0 radical (unpaired) electrons. The minimum Gasteiger partial charge on any atom is -0.441 e. The Morgan fingerprint density at radius 1 is 1.43 bits per heavy atom. The van der Waals surface area contributed by atoms with Gasteiger partial charge < -0.3 is 14.4 Å². The zero-order chi connectivity index (χ0) is 15.4. The van der Waals surface area contributed by atoms with Gasteiger partial charge in [0.05, 0.1) is 24.4 Å². The van der Waals surface area contributed by atoms with Crippen LogP contribution < -0.4 is 0 Å². The molecule has 0 bridgehead atoms. The molecule has 0 saturated heterocycles. The first-order valence-corrected chi connectivity index (χ1v) is 7.02. The number of benzene rings is 1. The molecule has 1 aromatic carbocycles. The van der Waals surface area contributed by atoms with Crippen molar-refractivity contribution in [3.05, 3.63) is 41.8 Å². The van der Waals surface area contributed by atoms with Gasteiger partial charge in [-0.1, -0.05) is 12.1 Å². The first-order chi connectivity index (χ1) is 10.1. The fourth-order valence-electron chi connectivity index (χ4n) is 2.24. The molecule has 0 aliphatic carbocycles. The van der Waals surface area contributed by atoms with Gasteiger partial charge in [0.2, 0.25) is 5.89 Å². The third-order valence-corrected chi connectivity index (χ3v) is 3.41. The molecule has 5 heteroatoms. The van der Waals surface area contributed by atoms with E-state index in [1.165, 1.54) is 0 Å². The highest BCUT2D eigenvalue weighted by Gasteiger charge is 2.23. The topological polar surface area (TPSA) is 66.6 Å². The van der Waals surface area contributed by atoms with Crippen LogP contribution in [0.15, 0.2) is 34.9 Å². The highest BCUT2D eigenvalue weighted by atomic mass is 16.4. The predicted molar refractivity (Wildman–Crippen MR) is 79.9 cm³/mol. The standard InChI is InChI=1S/C16H20N2O3/c1-4-18(11(2)10-19)16(20)14-8-6-5-7-13(14)15-17-9-12(3)21-15/h5-9,11,19H,4,10H2,1-3H3/t11-/m0/s1. The molecule has 1 N–H and O–H groups in total. The number of aliphatic hydroxyl groups is 1. The van der Waals surface area contributed by atoms with E-state index in [0.717, 1.165) is 0 Å². The Morgan fingerprint density at radius 2 is 2.14 bits per heavy atom. The van der Waals surface area contributed by atoms with Crippen molar-refractivity contribution in [2.24, 2.45) is 0 Å². The number of aryl methyl sites for hydroxylation is 1. The summed E-state index contributed by atoms with van der Waals surface area (Å²) in [6.07, 6.45) is 1.63. The number of rotatable bonds is 5. The molecule has 2 rings (SSSR count). The maximum atomic E-state index is 12.7. The van der Waals surface area contributed by atoms with Crippen LogP contribution in [0.4, 0.5) is 0 Å². The van der Waals surface area contributed by atoms with E-state index in [1.54, 1.807) is 17.2 Å². The van der Waals surface area contributed by atoms with Crippen molar-refractivity contribution in [2.75, 3.05) is 13.2 Å². The molecule has 1 heterocycles. The van der Waals surface area contributed by atoms with Gasteiger partial charge >= 0.3 is 0 Å². The molecule has 0 spiro atoms. The average molecular weight is 288 g/mol. The Hall–Kier alpha value is -2.14. The average Bonchev–Trinajstić information content (AvgIpc) is 2.94. The Balaban J connectivity index is 2.42. The lowest BCUT2D eigenvalue weighted by atomic mass is 10.1. The van der Waals surface area contributed by atoms with E-state index in [-0.39, 0.29) is 18.6 Å². The zero-order valence-corrected chi connectivity index (χ0v) is 12.5. The monoisotopic (exact) mass is 288 g/mol. The number of carbonyl (C=O) groups excluding carboxylic acids is 1. The highest BCUT2D eigenvalue weighted by molar-refractivity contribution is 6.00. The zero-order valence-electron chi connectivity index (χ0n) is 12.5. The SMILES string of the molecule is CCN(C(=O)c1ccccc1-c1ncc(C)o1)[C@@H](C)CO. The van der Waals surface area contributed by atoms with Crippen molar-refractivity contribution in [3.8, 4) is 11.5 Å². The van der Waals surface area contributed by atoms with E-state index in [0.29, 0.717) is 29.3 Å². The Bertz CT molecular complexity index is 621. The van der Waals surface area contributed by atoms with Gasteiger partial charge in [-0.2, -0.15) is 0 Å². The van der Waals surface area contributed by atoms with Gasteiger partial charge in [-0.05, 0) is 32.9 Å². The Kier molecular flexibility index (Phi) is 4.75. The minimum atomic E-state index is -0.234. The van der Waals surface area contributed by atoms with Crippen molar-refractivity contribution in [3.63, 3.8) is 0 Å². The number of likely N-dealkylation sites (N-methyl/N-ethyl adjacent to an activating group) is 1. The second kappa shape index (κ2) is 6.54. The molecule has 0 fully saturated rings. The fraction of sp³-hybridized carbons (Fsp3) is 0.375. The number of carbonyl (C=O) groups is 1. The van der Waals surface area contributed by atoms with Crippen molar-refractivity contribution in [2.45, 2.75) is 26.8 Å². The van der Waals surface area contributed by atoms with E-state index in [1.807, 2.05) is 39.0 Å². The summed E-state index contributed by atoms with van der Waals surface area (Å²) in [5.74, 6) is 0.998. The first kappa shape index (κ1) is 15.3. The molecule has 0 saturated carbocycles. The summed E-state index contributed by atoms with van der Waals surface area (Å²) in [5.41, 5.74) is 1.20. The second-order valence-electron chi connectivity index (χ2n) is 4.94.